The first-order chi connectivity index (χ1) is 15.4. The molecule has 0 bridgehead atoms. The van der Waals surface area contributed by atoms with Crippen molar-refractivity contribution in [1.29, 1.82) is 5.41 Å². The number of carbonyl (C=O) groups is 1. The Labute approximate surface area is 194 Å². The van der Waals surface area contributed by atoms with Crippen LogP contribution in [0.4, 0.5) is 5.69 Å². The maximum Gasteiger partial charge on any atom is 0.273 e. The fourth-order valence-electron chi connectivity index (χ4n) is 4.96. The first kappa shape index (κ1) is 22.8. The number of carbonyl (C=O) groups excluding carboxylic acids is 1. The normalized spacial score (nSPS) is 25.3. The molecule has 4 N–H and O–H groups in total. The summed E-state index contributed by atoms with van der Waals surface area (Å²) in [5.74, 6) is 0.690. The molecule has 1 unspecified atom stereocenters. The predicted octanol–water partition coefficient (Wildman–Crippen LogP) is 4.98. The first-order valence-electron chi connectivity index (χ1n) is 11.7. The molecule has 1 aromatic carbocycles. The van der Waals surface area contributed by atoms with E-state index in [0.29, 0.717) is 17.5 Å². The molecule has 0 aliphatic carbocycles. The maximum atomic E-state index is 13.4. The summed E-state index contributed by atoms with van der Waals surface area (Å²) in [6, 6.07) is 12.0. The van der Waals surface area contributed by atoms with E-state index in [0.717, 1.165) is 35.6 Å². The van der Waals surface area contributed by atoms with Crippen molar-refractivity contribution in [2.24, 2.45) is 5.73 Å². The number of thiophene rings is 1. The molecule has 2 aromatic rings. The summed E-state index contributed by atoms with van der Waals surface area (Å²) >= 11 is 1.35. The van der Waals surface area contributed by atoms with Gasteiger partial charge in [-0.1, -0.05) is 31.4 Å². The van der Waals surface area contributed by atoms with Crippen molar-refractivity contribution in [2.45, 2.75) is 76.5 Å². The molecule has 1 saturated heterocycles. The number of hydrogen-bond acceptors (Lipinski definition) is 5. The van der Waals surface area contributed by atoms with Crippen LogP contribution in [0.2, 0.25) is 0 Å². The van der Waals surface area contributed by atoms with Crippen molar-refractivity contribution in [1.82, 2.24) is 5.32 Å². The number of nitrogens with two attached hydrogens (primary N) is 1. The zero-order chi connectivity index (χ0) is 22.7. The van der Waals surface area contributed by atoms with Gasteiger partial charge in [-0.3, -0.25) is 10.2 Å². The van der Waals surface area contributed by atoms with Gasteiger partial charge in [0, 0.05) is 18.1 Å². The minimum atomic E-state index is -0.685. The quantitative estimate of drug-likeness (QED) is 0.298. The summed E-state index contributed by atoms with van der Waals surface area (Å²) in [5.41, 5.74) is 6.70. The van der Waals surface area contributed by atoms with Gasteiger partial charge in [-0.2, -0.15) is 0 Å². The second kappa shape index (κ2) is 9.63. The van der Waals surface area contributed by atoms with Gasteiger partial charge >= 0.3 is 0 Å². The van der Waals surface area contributed by atoms with Crippen molar-refractivity contribution in [3.8, 4) is 5.75 Å². The van der Waals surface area contributed by atoms with Gasteiger partial charge in [0.1, 0.15) is 11.6 Å². The van der Waals surface area contributed by atoms with Crippen LogP contribution in [0.3, 0.4) is 0 Å². The lowest BCUT2D eigenvalue weighted by Gasteiger charge is -2.39. The van der Waals surface area contributed by atoms with E-state index in [9.17, 15) is 4.79 Å². The molecule has 1 fully saturated rings. The Morgan fingerprint density at radius 1 is 1.28 bits per heavy atom. The van der Waals surface area contributed by atoms with Crippen molar-refractivity contribution in [3.05, 3.63) is 46.2 Å². The Morgan fingerprint density at radius 3 is 2.84 bits per heavy atom. The van der Waals surface area contributed by atoms with Gasteiger partial charge in [-0.05, 0) is 63.8 Å². The van der Waals surface area contributed by atoms with Crippen LogP contribution in [-0.4, -0.2) is 29.9 Å². The van der Waals surface area contributed by atoms with Crippen LogP contribution >= 0.6 is 11.3 Å². The van der Waals surface area contributed by atoms with Crippen LogP contribution in [0.25, 0.3) is 0 Å². The topological polar surface area (TPSA) is 91.4 Å². The van der Waals surface area contributed by atoms with Crippen LogP contribution in [0.1, 0.15) is 74.7 Å². The third-order valence-corrected chi connectivity index (χ3v) is 7.77. The van der Waals surface area contributed by atoms with Gasteiger partial charge in [0.25, 0.3) is 5.91 Å². The second-order valence-electron chi connectivity index (χ2n) is 9.38. The average Bonchev–Trinajstić information content (AvgIpc) is 3.25. The van der Waals surface area contributed by atoms with Crippen LogP contribution in [-0.2, 0) is 4.79 Å². The molecule has 1 amide bonds. The molecule has 0 saturated carbocycles. The Hall–Kier alpha value is -2.38. The number of benzene rings is 1. The fraction of sp³-hybridized carbons (Fsp3) is 0.520. The van der Waals surface area contributed by atoms with Gasteiger partial charge in [0.05, 0.1) is 15.4 Å². The lowest BCUT2D eigenvalue weighted by Crippen LogP contribution is -2.50. The van der Waals surface area contributed by atoms with E-state index in [4.69, 9.17) is 15.9 Å². The summed E-state index contributed by atoms with van der Waals surface area (Å²) in [6.45, 7) is 5.31. The van der Waals surface area contributed by atoms with Crippen molar-refractivity contribution in [2.75, 3.05) is 11.4 Å². The molecule has 0 spiro atoms. The predicted molar refractivity (Wildman–Crippen MR) is 131 cm³/mol. The molecule has 4 rings (SSSR count). The van der Waals surface area contributed by atoms with E-state index in [-0.39, 0.29) is 17.3 Å². The number of amidine groups is 1. The summed E-state index contributed by atoms with van der Waals surface area (Å²) < 4.78 is 6.08. The molecular weight excluding hydrogens is 420 g/mol. The number of hydrogen-bond donors (Lipinski definition) is 3. The molecule has 2 aliphatic rings. The van der Waals surface area contributed by atoms with Crippen LogP contribution in [0.5, 0.6) is 5.75 Å². The zero-order valence-corrected chi connectivity index (χ0v) is 19.8. The van der Waals surface area contributed by atoms with Crippen molar-refractivity contribution >= 4 is 28.8 Å². The van der Waals surface area contributed by atoms with E-state index in [1.54, 1.807) is 6.07 Å². The molecule has 1 aromatic heterocycles. The lowest BCUT2D eigenvalue weighted by molar-refractivity contribution is -0.126. The van der Waals surface area contributed by atoms with E-state index < -0.39 is 6.10 Å². The summed E-state index contributed by atoms with van der Waals surface area (Å²) in [5, 5.41) is 11.4. The molecule has 3 heterocycles. The Balaban J connectivity index is 1.39. The number of anilines is 1. The second-order valence-corrected chi connectivity index (χ2v) is 10.5. The summed E-state index contributed by atoms with van der Waals surface area (Å²) in [7, 11) is 0. The van der Waals surface area contributed by atoms with E-state index >= 15 is 0 Å². The number of nitrogens with one attached hydrogen (secondary N) is 2. The number of piperidine rings is 1. The lowest BCUT2D eigenvalue weighted by atomic mass is 9.84. The average molecular weight is 455 g/mol. The van der Waals surface area contributed by atoms with Crippen LogP contribution < -0.4 is 20.7 Å². The number of ether oxygens (including phenoxy) is 1. The molecule has 6 nitrogen and oxygen atoms in total. The van der Waals surface area contributed by atoms with E-state index in [2.05, 4.69) is 19.2 Å². The molecule has 172 valence electrons. The Bertz CT molecular complexity index is 974. The molecule has 0 radical (unpaired) electrons. The molecule has 32 heavy (non-hydrogen) atoms. The number of para-hydroxylation sites is 2. The van der Waals surface area contributed by atoms with Gasteiger partial charge < -0.3 is 20.7 Å². The highest BCUT2D eigenvalue weighted by Gasteiger charge is 2.36. The smallest absolute Gasteiger partial charge is 0.273 e. The monoisotopic (exact) mass is 454 g/mol. The van der Waals surface area contributed by atoms with Gasteiger partial charge in [-0.15, -0.1) is 11.3 Å². The van der Waals surface area contributed by atoms with Crippen molar-refractivity contribution in [3.63, 3.8) is 0 Å². The number of nitrogens with zero attached hydrogens (tertiary/aromatic N) is 1. The molecule has 7 heteroatoms. The Morgan fingerprint density at radius 2 is 2.09 bits per heavy atom. The number of nitrogen functional groups attached to an aromatic ring is 1. The highest BCUT2D eigenvalue weighted by atomic mass is 32.1. The van der Waals surface area contributed by atoms with Crippen LogP contribution in [0, 0.1) is 5.41 Å². The third kappa shape index (κ3) is 4.99. The van der Waals surface area contributed by atoms with Crippen LogP contribution in [0.15, 0.2) is 36.4 Å². The fourth-order valence-corrected chi connectivity index (χ4v) is 5.86. The third-order valence-electron chi connectivity index (χ3n) is 6.61. The maximum absolute atomic E-state index is 13.4. The largest absolute Gasteiger partial charge is 0.473 e. The highest BCUT2D eigenvalue weighted by Crippen LogP contribution is 2.40. The number of rotatable bonds is 8. The SMILES string of the molecule is C[C@H]1CCC[C@@](C)(CCCCCN2C(=O)C(c3ccc(C(=N)N)s3)Oc3ccccc32)N1. The minimum Gasteiger partial charge on any atom is -0.473 e. The molecular formula is C25H34N4O2S. The van der Waals surface area contributed by atoms with E-state index in [1.165, 1.54) is 37.0 Å². The van der Waals surface area contributed by atoms with Gasteiger partial charge in [0.2, 0.25) is 6.10 Å². The van der Waals surface area contributed by atoms with Gasteiger partial charge in [0.15, 0.2) is 0 Å². The number of amides is 1. The Kier molecular flexibility index (Phi) is 6.86. The molecule has 2 aliphatic heterocycles. The standard InChI is InChI=1S/C25H34N4O2S/c1-17-9-8-15-25(2,28-17)14-6-3-7-16-29-18-10-4-5-11-19(18)31-22(24(29)30)20-12-13-21(32-20)23(26)27/h4-5,10-13,17,22,28H,3,6-9,14-16H2,1-2H3,(H3,26,27)/t17-,22?,25+/m0/s1. The van der Waals surface area contributed by atoms with Gasteiger partial charge in [-0.25, -0.2) is 0 Å². The zero-order valence-electron chi connectivity index (χ0n) is 19.0. The minimum absolute atomic E-state index is 0.0114. The summed E-state index contributed by atoms with van der Waals surface area (Å²) in [4.78, 5) is 16.7. The number of fused-ring (bicyclic) bond motifs is 1. The van der Waals surface area contributed by atoms with E-state index in [1.807, 2.05) is 35.2 Å². The number of unbranched alkanes of at least 4 members (excludes halogenated alkanes) is 2. The first-order valence-corrected chi connectivity index (χ1v) is 12.5. The summed E-state index contributed by atoms with van der Waals surface area (Å²) in [6.07, 6.45) is 7.53. The van der Waals surface area contributed by atoms with Crippen molar-refractivity contribution < 1.29 is 9.53 Å². The molecule has 3 atom stereocenters. The highest BCUT2D eigenvalue weighted by molar-refractivity contribution is 7.14.